The number of hydrogen-bond donors (Lipinski definition) is 0. The predicted octanol–water partition coefficient (Wildman–Crippen LogP) is 5.82. The van der Waals surface area contributed by atoms with Crippen molar-refractivity contribution in [2.75, 3.05) is 4.90 Å². The monoisotopic (exact) mass is 484 g/mol. The van der Waals surface area contributed by atoms with Crippen LogP contribution in [0, 0.1) is 6.92 Å². The van der Waals surface area contributed by atoms with Gasteiger partial charge < -0.3 is 4.42 Å². The zero-order chi connectivity index (χ0) is 22.7. The van der Waals surface area contributed by atoms with Gasteiger partial charge in [-0.2, -0.15) is 0 Å². The smallest absolute Gasteiger partial charge is 0.297 e. The minimum absolute atomic E-state index is 0.0537. The molecule has 0 radical (unpaired) electrons. The second-order valence-electron chi connectivity index (χ2n) is 7.39. The molecule has 1 aliphatic rings. The Hall–Kier alpha value is -3.00. The summed E-state index contributed by atoms with van der Waals surface area (Å²) in [7, 11) is 0. The molecular weight excluding hydrogens is 471 g/mol. The molecule has 0 fully saturated rings. The van der Waals surface area contributed by atoms with Crippen LogP contribution in [0.1, 0.15) is 50.0 Å². The zero-order valence-corrected chi connectivity index (χ0v) is 19.1. The first-order chi connectivity index (χ1) is 15.3. The Kier molecular flexibility index (Phi) is 4.93. The number of para-hydroxylation sites is 1. The van der Waals surface area contributed by atoms with Crippen molar-refractivity contribution < 1.29 is 14.0 Å². The number of amides is 1. The van der Waals surface area contributed by atoms with E-state index in [0.29, 0.717) is 37.3 Å². The van der Waals surface area contributed by atoms with Crippen molar-refractivity contribution in [3.63, 3.8) is 0 Å². The van der Waals surface area contributed by atoms with Gasteiger partial charge in [0.15, 0.2) is 16.3 Å². The van der Waals surface area contributed by atoms with Crippen LogP contribution in [0.15, 0.2) is 51.7 Å². The first kappa shape index (κ1) is 20.9. The Morgan fingerprint density at radius 1 is 1.12 bits per heavy atom. The van der Waals surface area contributed by atoms with E-state index in [9.17, 15) is 14.4 Å². The lowest BCUT2D eigenvalue weighted by Crippen LogP contribution is -2.29. The first-order valence-corrected chi connectivity index (χ1v) is 11.2. The molecule has 0 saturated heterocycles. The van der Waals surface area contributed by atoms with Crippen LogP contribution in [-0.2, 0) is 0 Å². The number of rotatable bonds is 3. The van der Waals surface area contributed by atoms with Crippen molar-refractivity contribution in [2.24, 2.45) is 0 Å². The summed E-state index contributed by atoms with van der Waals surface area (Å²) in [6, 6.07) is 10.9. The highest BCUT2D eigenvalue weighted by molar-refractivity contribution is 7.17. The van der Waals surface area contributed by atoms with Crippen LogP contribution in [0.4, 0.5) is 5.13 Å². The fraction of sp³-hybridized carbons (Fsp3) is 0.130. The predicted molar refractivity (Wildman–Crippen MR) is 124 cm³/mol. The number of nitrogens with zero attached hydrogens (tertiary/aromatic N) is 2. The highest BCUT2D eigenvalue weighted by atomic mass is 35.5. The number of carbonyl (C=O) groups excluding carboxylic acids is 2. The fourth-order valence-electron chi connectivity index (χ4n) is 3.93. The number of thiazole rings is 1. The van der Waals surface area contributed by atoms with Gasteiger partial charge in [-0.1, -0.05) is 52.7 Å². The van der Waals surface area contributed by atoms with Gasteiger partial charge in [0.25, 0.3) is 5.91 Å². The van der Waals surface area contributed by atoms with Crippen molar-refractivity contribution in [1.82, 2.24) is 4.98 Å². The van der Waals surface area contributed by atoms with Gasteiger partial charge in [-0.3, -0.25) is 19.3 Å². The molecule has 2 aromatic carbocycles. The van der Waals surface area contributed by atoms with E-state index in [4.69, 9.17) is 27.6 Å². The van der Waals surface area contributed by atoms with Crippen LogP contribution in [0.25, 0.3) is 11.0 Å². The van der Waals surface area contributed by atoms with E-state index in [1.54, 1.807) is 49.4 Å². The quantitative estimate of drug-likeness (QED) is 0.342. The van der Waals surface area contributed by atoms with Gasteiger partial charge in [0, 0.05) is 6.92 Å². The normalized spacial score (nSPS) is 15.4. The molecule has 1 aliphatic heterocycles. The molecule has 0 aliphatic carbocycles. The minimum atomic E-state index is -0.835. The molecule has 9 heteroatoms. The molecule has 32 heavy (non-hydrogen) atoms. The number of anilines is 1. The number of halogens is 2. The average molecular weight is 485 g/mol. The van der Waals surface area contributed by atoms with Gasteiger partial charge in [-0.05, 0) is 36.8 Å². The third kappa shape index (κ3) is 3.08. The second kappa shape index (κ2) is 7.55. The topological polar surface area (TPSA) is 80.5 Å². The van der Waals surface area contributed by atoms with E-state index in [1.165, 1.54) is 11.8 Å². The van der Waals surface area contributed by atoms with E-state index in [2.05, 4.69) is 4.98 Å². The molecule has 0 unspecified atom stereocenters. The van der Waals surface area contributed by atoms with E-state index in [-0.39, 0.29) is 27.6 Å². The van der Waals surface area contributed by atoms with Crippen LogP contribution in [-0.4, -0.2) is 16.7 Å². The van der Waals surface area contributed by atoms with E-state index in [1.807, 2.05) is 0 Å². The molecule has 0 saturated carbocycles. The van der Waals surface area contributed by atoms with Crippen molar-refractivity contribution in [3.8, 4) is 0 Å². The number of hydrogen-bond acceptors (Lipinski definition) is 6. The summed E-state index contributed by atoms with van der Waals surface area (Å²) in [5.74, 6) is -0.716. The number of aromatic nitrogens is 1. The maximum Gasteiger partial charge on any atom is 0.297 e. The molecule has 1 amide bonds. The lowest BCUT2D eigenvalue weighted by molar-refractivity contribution is 0.0969. The van der Waals surface area contributed by atoms with Crippen molar-refractivity contribution in [1.29, 1.82) is 0 Å². The Bertz CT molecular complexity index is 1510. The summed E-state index contributed by atoms with van der Waals surface area (Å²) in [4.78, 5) is 45.3. The Labute approximate surface area is 196 Å². The van der Waals surface area contributed by atoms with Gasteiger partial charge >= 0.3 is 0 Å². The highest BCUT2D eigenvalue weighted by Gasteiger charge is 2.45. The molecule has 4 aromatic rings. The van der Waals surface area contributed by atoms with E-state index < -0.39 is 11.9 Å². The van der Waals surface area contributed by atoms with Gasteiger partial charge in [0.05, 0.1) is 37.6 Å². The van der Waals surface area contributed by atoms with Crippen LogP contribution in [0.5, 0.6) is 0 Å². The Morgan fingerprint density at radius 2 is 1.88 bits per heavy atom. The standard InChI is InChI=1S/C23H14Cl2N2O4S/c1-10-21(11(2)28)32-23(26-10)27-18(12-7-8-14(24)15(25)9-12)17-19(29)13-5-3-4-6-16(13)31-20(17)22(27)30/h3-9,18H,1-2H3/t18-/m1/s1. The molecule has 5 rings (SSSR count). The summed E-state index contributed by atoms with van der Waals surface area (Å²) in [6.45, 7) is 3.15. The van der Waals surface area contributed by atoms with Crippen LogP contribution >= 0.6 is 34.5 Å². The minimum Gasteiger partial charge on any atom is -0.450 e. The van der Waals surface area contributed by atoms with Crippen LogP contribution < -0.4 is 10.3 Å². The second-order valence-corrected chi connectivity index (χ2v) is 9.18. The Balaban J connectivity index is 1.81. The third-order valence-electron chi connectivity index (χ3n) is 5.35. The molecule has 3 heterocycles. The summed E-state index contributed by atoms with van der Waals surface area (Å²) in [5, 5.41) is 1.30. The molecular formula is C23H14Cl2N2O4S. The fourth-order valence-corrected chi connectivity index (χ4v) is 5.22. The van der Waals surface area contributed by atoms with Gasteiger partial charge in [-0.15, -0.1) is 0 Å². The number of aryl methyl sites for hydroxylation is 1. The molecule has 1 atom stereocenters. The molecule has 0 N–H and O–H groups in total. The van der Waals surface area contributed by atoms with Crippen molar-refractivity contribution >= 4 is 62.3 Å². The molecule has 160 valence electrons. The summed E-state index contributed by atoms with van der Waals surface area (Å²) < 4.78 is 5.90. The highest BCUT2D eigenvalue weighted by Crippen LogP contribution is 2.44. The first-order valence-electron chi connectivity index (χ1n) is 9.60. The Morgan fingerprint density at radius 3 is 2.56 bits per heavy atom. The molecule has 2 aromatic heterocycles. The lowest BCUT2D eigenvalue weighted by atomic mass is 9.99. The number of Topliss-reactive ketones (excluding diaryl/α,β-unsaturated/α-hetero) is 1. The average Bonchev–Trinajstić information content (AvgIpc) is 3.28. The van der Waals surface area contributed by atoms with Crippen molar-refractivity contribution in [3.05, 3.63) is 90.2 Å². The lowest BCUT2D eigenvalue weighted by Gasteiger charge is -2.22. The van der Waals surface area contributed by atoms with Gasteiger partial charge in [-0.25, -0.2) is 4.98 Å². The number of benzene rings is 2. The number of ketones is 1. The van der Waals surface area contributed by atoms with Crippen LogP contribution in [0.3, 0.4) is 0 Å². The largest absolute Gasteiger partial charge is 0.450 e. The van der Waals surface area contributed by atoms with Gasteiger partial charge in [0.2, 0.25) is 5.76 Å². The summed E-state index contributed by atoms with van der Waals surface area (Å²) in [5.41, 5.74) is 1.29. The number of carbonyl (C=O) groups is 2. The SMILES string of the molecule is CC(=O)c1sc(N2C(=O)c3oc4ccccc4c(=O)c3[C@H]2c2ccc(Cl)c(Cl)c2)nc1C. The molecule has 6 nitrogen and oxygen atoms in total. The molecule has 0 spiro atoms. The maximum absolute atomic E-state index is 13.5. The molecule has 0 bridgehead atoms. The number of fused-ring (bicyclic) bond motifs is 2. The van der Waals surface area contributed by atoms with Gasteiger partial charge in [0.1, 0.15) is 5.58 Å². The third-order valence-corrected chi connectivity index (χ3v) is 7.34. The van der Waals surface area contributed by atoms with E-state index >= 15 is 0 Å². The summed E-state index contributed by atoms with van der Waals surface area (Å²) in [6.07, 6.45) is 0. The summed E-state index contributed by atoms with van der Waals surface area (Å²) >= 11 is 13.5. The van der Waals surface area contributed by atoms with E-state index in [0.717, 1.165) is 11.3 Å². The van der Waals surface area contributed by atoms with Crippen LogP contribution in [0.2, 0.25) is 10.0 Å². The zero-order valence-electron chi connectivity index (χ0n) is 16.8. The van der Waals surface area contributed by atoms with Crippen molar-refractivity contribution in [2.45, 2.75) is 19.9 Å². The maximum atomic E-state index is 13.5.